The number of phosphoric acid groups is 1. The van der Waals surface area contributed by atoms with Gasteiger partial charge in [0.2, 0.25) is 0 Å². The topological polar surface area (TPSA) is 134 Å². The van der Waals surface area contributed by atoms with Crippen molar-refractivity contribution in [2.45, 2.75) is 213 Å². The molecule has 51 heavy (non-hydrogen) atoms. The summed E-state index contributed by atoms with van der Waals surface area (Å²) in [5, 5.41) is 0. The van der Waals surface area contributed by atoms with Gasteiger partial charge in [-0.3, -0.25) is 18.6 Å². The molecule has 10 heteroatoms. The van der Waals surface area contributed by atoms with Gasteiger partial charge < -0.3 is 20.1 Å². The number of nitrogens with two attached hydrogens (primary N) is 1. The van der Waals surface area contributed by atoms with Crippen molar-refractivity contribution in [3.05, 3.63) is 12.2 Å². The Bertz CT molecular complexity index is 856. The van der Waals surface area contributed by atoms with Crippen molar-refractivity contribution in [1.82, 2.24) is 0 Å². The van der Waals surface area contributed by atoms with Gasteiger partial charge in [0, 0.05) is 19.4 Å². The molecule has 0 saturated heterocycles. The van der Waals surface area contributed by atoms with Crippen molar-refractivity contribution in [1.29, 1.82) is 0 Å². The Hall–Kier alpha value is -1.25. The van der Waals surface area contributed by atoms with Crippen LogP contribution in [0, 0.1) is 0 Å². The first-order chi connectivity index (χ1) is 24.8. The van der Waals surface area contributed by atoms with Crippen molar-refractivity contribution in [2.75, 3.05) is 26.4 Å². The van der Waals surface area contributed by atoms with E-state index >= 15 is 0 Å². The van der Waals surface area contributed by atoms with E-state index in [4.69, 9.17) is 24.3 Å². The highest BCUT2D eigenvalue weighted by molar-refractivity contribution is 7.47. The molecular weight excluding hydrogens is 665 g/mol. The van der Waals surface area contributed by atoms with Crippen molar-refractivity contribution in [3.8, 4) is 0 Å². The van der Waals surface area contributed by atoms with Crippen molar-refractivity contribution < 1.29 is 37.6 Å². The smallest absolute Gasteiger partial charge is 0.462 e. The molecule has 9 nitrogen and oxygen atoms in total. The van der Waals surface area contributed by atoms with Crippen LogP contribution >= 0.6 is 7.82 Å². The zero-order valence-electron chi connectivity index (χ0n) is 33.1. The lowest BCUT2D eigenvalue weighted by Crippen LogP contribution is -2.29. The average Bonchev–Trinajstić information content (AvgIpc) is 3.11. The third kappa shape index (κ3) is 38.3. The van der Waals surface area contributed by atoms with Crippen molar-refractivity contribution >= 4 is 19.8 Å². The normalized spacial score (nSPS) is 13.4. The zero-order chi connectivity index (χ0) is 37.5. The van der Waals surface area contributed by atoms with Gasteiger partial charge in [-0.05, 0) is 38.5 Å². The number of hydrogen-bond acceptors (Lipinski definition) is 8. The molecule has 3 N–H and O–H groups in total. The van der Waals surface area contributed by atoms with Gasteiger partial charge >= 0.3 is 19.8 Å². The Morgan fingerprint density at radius 2 is 0.961 bits per heavy atom. The van der Waals surface area contributed by atoms with Gasteiger partial charge in [-0.1, -0.05) is 167 Å². The van der Waals surface area contributed by atoms with Crippen LogP contribution < -0.4 is 5.73 Å². The van der Waals surface area contributed by atoms with Gasteiger partial charge in [0.15, 0.2) is 6.10 Å². The third-order valence-corrected chi connectivity index (χ3v) is 10.1. The molecule has 0 bridgehead atoms. The molecule has 2 atom stereocenters. The van der Waals surface area contributed by atoms with Crippen LogP contribution in [-0.2, 0) is 32.7 Å². The van der Waals surface area contributed by atoms with Gasteiger partial charge in [-0.25, -0.2) is 4.57 Å². The average molecular weight is 746 g/mol. The number of phosphoric ester groups is 1. The SMILES string of the molecule is CCCCCCCCCCC/C=C/CCCCC(=O)OC[C@H](COP(=O)(O)OCCN)OC(=O)CCCCCCCCCCCCCCCCC. The minimum Gasteiger partial charge on any atom is -0.462 e. The van der Waals surface area contributed by atoms with E-state index in [2.05, 4.69) is 26.0 Å². The monoisotopic (exact) mass is 746 g/mol. The second-order valence-corrected chi connectivity index (χ2v) is 15.7. The highest BCUT2D eigenvalue weighted by atomic mass is 31.2. The van der Waals surface area contributed by atoms with Gasteiger partial charge in [0.1, 0.15) is 6.61 Å². The maximum atomic E-state index is 12.6. The first-order valence-corrected chi connectivity index (χ1v) is 22.7. The number of ether oxygens (including phenoxy) is 2. The standard InChI is InChI=1S/C41H80NO8P/c1-3-5-7-9-11-13-15-17-19-21-23-25-27-29-31-33-40(43)47-37-39(38-49-51(45,46)48-36-35-42)50-41(44)34-32-30-28-26-24-22-20-18-16-14-12-10-8-6-4-2/h23,25,39H,3-22,24,26-38,42H2,1-2H3,(H,45,46)/b25-23+/t39-/m1/s1. The van der Waals surface area contributed by atoms with E-state index in [1.54, 1.807) is 0 Å². The zero-order valence-corrected chi connectivity index (χ0v) is 34.0. The van der Waals surface area contributed by atoms with E-state index in [0.717, 1.165) is 32.1 Å². The lowest BCUT2D eigenvalue weighted by Gasteiger charge is -2.19. The molecule has 0 radical (unpaired) electrons. The fraction of sp³-hybridized carbons (Fsp3) is 0.902. The van der Waals surface area contributed by atoms with Gasteiger partial charge in [0.25, 0.3) is 0 Å². The molecule has 0 aromatic carbocycles. The number of carbonyl (C=O) groups excluding carboxylic acids is 2. The second-order valence-electron chi connectivity index (χ2n) is 14.2. The van der Waals surface area contributed by atoms with Gasteiger partial charge in [-0.15, -0.1) is 0 Å². The van der Waals surface area contributed by atoms with E-state index in [0.29, 0.717) is 12.8 Å². The Balaban J connectivity index is 4.17. The summed E-state index contributed by atoms with van der Waals surface area (Å²) in [5.41, 5.74) is 5.34. The Labute approximate surface area is 313 Å². The highest BCUT2D eigenvalue weighted by Crippen LogP contribution is 2.43. The molecule has 0 fully saturated rings. The van der Waals surface area contributed by atoms with E-state index in [-0.39, 0.29) is 32.6 Å². The van der Waals surface area contributed by atoms with Crippen LogP contribution in [0.4, 0.5) is 0 Å². The van der Waals surface area contributed by atoms with Crippen LogP contribution in [0.3, 0.4) is 0 Å². The number of allylic oxidation sites excluding steroid dienone is 2. The molecule has 0 saturated carbocycles. The van der Waals surface area contributed by atoms with Gasteiger partial charge in [-0.2, -0.15) is 0 Å². The first kappa shape index (κ1) is 49.8. The Morgan fingerprint density at radius 3 is 1.43 bits per heavy atom. The molecular formula is C41H80NO8P. The molecule has 0 heterocycles. The maximum absolute atomic E-state index is 12.6. The Morgan fingerprint density at radius 1 is 0.569 bits per heavy atom. The first-order valence-electron chi connectivity index (χ1n) is 21.2. The Kier molecular flexibility index (Phi) is 37.5. The molecule has 0 aliphatic rings. The fourth-order valence-electron chi connectivity index (χ4n) is 5.98. The van der Waals surface area contributed by atoms with Crippen LogP contribution in [0.25, 0.3) is 0 Å². The molecule has 0 aromatic rings. The van der Waals surface area contributed by atoms with E-state index in [1.165, 1.54) is 135 Å². The maximum Gasteiger partial charge on any atom is 0.472 e. The molecule has 0 rings (SSSR count). The van der Waals surface area contributed by atoms with Crippen molar-refractivity contribution in [2.24, 2.45) is 5.73 Å². The van der Waals surface area contributed by atoms with Gasteiger partial charge in [0.05, 0.1) is 13.2 Å². The number of rotatable bonds is 40. The van der Waals surface area contributed by atoms with Crippen LogP contribution in [0.15, 0.2) is 12.2 Å². The predicted octanol–water partition coefficient (Wildman–Crippen LogP) is 11.8. The molecule has 0 spiro atoms. The highest BCUT2D eigenvalue weighted by Gasteiger charge is 2.26. The van der Waals surface area contributed by atoms with E-state index < -0.39 is 32.5 Å². The third-order valence-electron chi connectivity index (χ3n) is 9.15. The molecule has 0 aliphatic carbocycles. The predicted molar refractivity (Wildman–Crippen MR) is 211 cm³/mol. The lowest BCUT2D eigenvalue weighted by atomic mass is 10.0. The van der Waals surface area contributed by atoms with Crippen LogP contribution in [-0.4, -0.2) is 49.3 Å². The lowest BCUT2D eigenvalue weighted by molar-refractivity contribution is -0.161. The summed E-state index contributed by atoms with van der Waals surface area (Å²) in [6.45, 7) is 3.73. The van der Waals surface area contributed by atoms with E-state index in [9.17, 15) is 19.0 Å². The molecule has 1 unspecified atom stereocenters. The number of esters is 2. The summed E-state index contributed by atoms with van der Waals surface area (Å²) < 4.78 is 32.7. The summed E-state index contributed by atoms with van der Waals surface area (Å²) in [6.07, 6.45) is 38.1. The number of carbonyl (C=O) groups is 2. The van der Waals surface area contributed by atoms with E-state index in [1.807, 2.05) is 0 Å². The summed E-state index contributed by atoms with van der Waals surface area (Å²) in [7, 11) is -4.37. The summed E-state index contributed by atoms with van der Waals surface area (Å²) in [4.78, 5) is 34.8. The molecule has 0 aromatic heterocycles. The van der Waals surface area contributed by atoms with Crippen LogP contribution in [0.2, 0.25) is 0 Å². The molecule has 0 aliphatic heterocycles. The van der Waals surface area contributed by atoms with Crippen molar-refractivity contribution in [3.63, 3.8) is 0 Å². The van der Waals surface area contributed by atoms with Crippen LogP contribution in [0.1, 0.15) is 206 Å². The number of hydrogen-bond donors (Lipinski definition) is 2. The molecule has 302 valence electrons. The summed E-state index contributed by atoms with van der Waals surface area (Å²) >= 11 is 0. The number of unbranched alkanes of at least 4 members (excludes halogenated alkanes) is 25. The minimum atomic E-state index is -4.37. The minimum absolute atomic E-state index is 0.0539. The second kappa shape index (κ2) is 38.5. The molecule has 0 amide bonds. The summed E-state index contributed by atoms with van der Waals surface area (Å²) in [5.74, 6) is -0.845. The van der Waals surface area contributed by atoms with Crippen LogP contribution in [0.5, 0.6) is 0 Å². The quantitative estimate of drug-likeness (QED) is 0.0272. The summed E-state index contributed by atoms with van der Waals surface area (Å²) in [6, 6.07) is 0. The largest absolute Gasteiger partial charge is 0.472 e. The fourth-order valence-corrected chi connectivity index (χ4v) is 6.75.